The molecular weight excluding hydrogens is 220 g/mol. The molecule has 1 aromatic carbocycles. The SMILES string of the molecule is COC(=O)c1ccc2c(c1)[C@@H](O)[C@H](OC)C=C2. The molecule has 2 atom stereocenters. The molecule has 4 nitrogen and oxygen atoms in total. The lowest BCUT2D eigenvalue weighted by Crippen LogP contribution is -2.22. The van der Waals surface area contributed by atoms with E-state index in [2.05, 4.69) is 4.74 Å². The van der Waals surface area contributed by atoms with E-state index in [1.807, 2.05) is 6.08 Å². The zero-order valence-electron chi connectivity index (χ0n) is 9.71. The smallest absolute Gasteiger partial charge is 0.337 e. The van der Waals surface area contributed by atoms with Gasteiger partial charge in [0.1, 0.15) is 12.2 Å². The maximum atomic E-state index is 11.4. The Morgan fingerprint density at radius 1 is 1.35 bits per heavy atom. The highest BCUT2D eigenvalue weighted by atomic mass is 16.5. The number of fused-ring (bicyclic) bond motifs is 1. The van der Waals surface area contributed by atoms with E-state index in [4.69, 9.17) is 4.74 Å². The van der Waals surface area contributed by atoms with Gasteiger partial charge in [0, 0.05) is 7.11 Å². The summed E-state index contributed by atoms with van der Waals surface area (Å²) in [5.74, 6) is -0.413. The van der Waals surface area contributed by atoms with Crippen LogP contribution in [0.4, 0.5) is 0 Å². The van der Waals surface area contributed by atoms with Gasteiger partial charge in [-0.1, -0.05) is 18.2 Å². The standard InChI is InChI=1S/C13H14O4/c1-16-11-6-5-8-3-4-9(13(15)17-2)7-10(8)12(11)14/h3-7,11-12,14H,1-2H3/t11-,12-/m1/s1. The van der Waals surface area contributed by atoms with Gasteiger partial charge in [0.05, 0.1) is 12.7 Å². The third-order valence-corrected chi connectivity index (χ3v) is 2.88. The van der Waals surface area contributed by atoms with Gasteiger partial charge in [-0.15, -0.1) is 0 Å². The van der Waals surface area contributed by atoms with Crippen molar-refractivity contribution in [1.29, 1.82) is 0 Å². The molecular formula is C13H14O4. The minimum atomic E-state index is -0.760. The first-order chi connectivity index (χ1) is 8.17. The second-order valence-electron chi connectivity index (χ2n) is 3.84. The molecule has 0 fully saturated rings. The molecule has 0 aromatic heterocycles. The van der Waals surface area contributed by atoms with Crippen LogP contribution in [0.5, 0.6) is 0 Å². The number of ether oxygens (including phenoxy) is 2. The summed E-state index contributed by atoms with van der Waals surface area (Å²) < 4.78 is 9.78. The van der Waals surface area contributed by atoms with Crippen LogP contribution in [-0.4, -0.2) is 31.4 Å². The minimum Gasteiger partial charge on any atom is -0.465 e. The fourth-order valence-corrected chi connectivity index (χ4v) is 1.92. The quantitative estimate of drug-likeness (QED) is 0.789. The van der Waals surface area contributed by atoms with E-state index in [9.17, 15) is 9.90 Å². The maximum Gasteiger partial charge on any atom is 0.337 e. The van der Waals surface area contributed by atoms with Crippen LogP contribution in [-0.2, 0) is 9.47 Å². The monoisotopic (exact) mass is 234 g/mol. The Bertz CT molecular complexity index is 464. The van der Waals surface area contributed by atoms with Crippen molar-refractivity contribution in [2.45, 2.75) is 12.2 Å². The van der Waals surface area contributed by atoms with Gasteiger partial charge in [0.15, 0.2) is 0 Å². The predicted octanol–water partition coefficient (Wildman–Crippen LogP) is 1.55. The van der Waals surface area contributed by atoms with Gasteiger partial charge in [-0.25, -0.2) is 4.79 Å². The van der Waals surface area contributed by atoms with Crippen molar-refractivity contribution in [2.24, 2.45) is 0 Å². The highest BCUT2D eigenvalue weighted by Gasteiger charge is 2.25. The van der Waals surface area contributed by atoms with Gasteiger partial charge in [-0.2, -0.15) is 0 Å². The third-order valence-electron chi connectivity index (χ3n) is 2.88. The van der Waals surface area contributed by atoms with Crippen LogP contribution < -0.4 is 0 Å². The number of aliphatic hydroxyl groups excluding tert-OH is 1. The van der Waals surface area contributed by atoms with Gasteiger partial charge in [0.25, 0.3) is 0 Å². The van der Waals surface area contributed by atoms with Crippen molar-refractivity contribution in [2.75, 3.05) is 14.2 Å². The average molecular weight is 234 g/mol. The number of carbonyl (C=O) groups excluding carboxylic acids is 1. The van der Waals surface area contributed by atoms with Gasteiger partial charge in [-0.3, -0.25) is 0 Å². The number of carbonyl (C=O) groups is 1. The normalized spacial score (nSPS) is 22.1. The van der Waals surface area contributed by atoms with E-state index in [0.29, 0.717) is 11.1 Å². The van der Waals surface area contributed by atoms with Crippen LogP contribution in [0.3, 0.4) is 0 Å². The Morgan fingerprint density at radius 2 is 2.12 bits per heavy atom. The molecule has 0 unspecified atom stereocenters. The van der Waals surface area contributed by atoms with Crippen LogP contribution in [0.1, 0.15) is 27.6 Å². The Labute approximate surface area is 99.5 Å². The zero-order chi connectivity index (χ0) is 12.4. The lowest BCUT2D eigenvalue weighted by atomic mass is 9.91. The van der Waals surface area contributed by atoms with E-state index >= 15 is 0 Å². The highest BCUT2D eigenvalue weighted by molar-refractivity contribution is 5.90. The van der Waals surface area contributed by atoms with E-state index in [0.717, 1.165) is 5.56 Å². The number of esters is 1. The van der Waals surface area contributed by atoms with E-state index in [1.165, 1.54) is 14.2 Å². The Hall–Kier alpha value is -1.65. The summed E-state index contributed by atoms with van der Waals surface area (Å²) in [6, 6.07) is 5.10. The van der Waals surface area contributed by atoms with Crippen LogP contribution in [0.2, 0.25) is 0 Å². The number of aliphatic hydroxyl groups is 1. The highest BCUT2D eigenvalue weighted by Crippen LogP contribution is 2.30. The van der Waals surface area contributed by atoms with E-state index in [-0.39, 0.29) is 6.10 Å². The molecule has 1 N–H and O–H groups in total. The molecule has 1 aliphatic rings. The van der Waals surface area contributed by atoms with E-state index in [1.54, 1.807) is 24.3 Å². The molecule has 0 aliphatic heterocycles. The van der Waals surface area contributed by atoms with Crippen LogP contribution in [0.25, 0.3) is 6.08 Å². The number of benzene rings is 1. The maximum absolute atomic E-state index is 11.4. The lowest BCUT2D eigenvalue weighted by Gasteiger charge is -2.24. The summed E-state index contributed by atoms with van der Waals surface area (Å²) in [6.07, 6.45) is 2.53. The second kappa shape index (κ2) is 4.69. The molecule has 0 saturated heterocycles. The van der Waals surface area contributed by atoms with Crippen molar-refractivity contribution in [3.05, 3.63) is 41.0 Å². The minimum absolute atomic E-state index is 0.379. The Balaban J connectivity index is 2.42. The molecule has 0 saturated carbocycles. The predicted molar refractivity (Wildman–Crippen MR) is 62.6 cm³/mol. The lowest BCUT2D eigenvalue weighted by molar-refractivity contribution is 0.0149. The number of rotatable bonds is 2. The van der Waals surface area contributed by atoms with Crippen molar-refractivity contribution in [1.82, 2.24) is 0 Å². The Morgan fingerprint density at radius 3 is 2.76 bits per heavy atom. The third kappa shape index (κ3) is 2.09. The molecule has 1 aliphatic carbocycles. The van der Waals surface area contributed by atoms with Crippen LogP contribution in [0, 0.1) is 0 Å². The molecule has 0 spiro atoms. The topological polar surface area (TPSA) is 55.8 Å². The first-order valence-corrected chi connectivity index (χ1v) is 5.28. The van der Waals surface area contributed by atoms with Gasteiger partial charge < -0.3 is 14.6 Å². The summed E-state index contributed by atoms with van der Waals surface area (Å²) in [7, 11) is 2.86. The first-order valence-electron chi connectivity index (χ1n) is 5.28. The van der Waals surface area contributed by atoms with Crippen molar-refractivity contribution in [3.63, 3.8) is 0 Å². The number of hydrogen-bond donors (Lipinski definition) is 1. The largest absolute Gasteiger partial charge is 0.465 e. The van der Waals surface area contributed by atoms with Gasteiger partial charge in [-0.05, 0) is 23.3 Å². The summed E-state index contributed by atoms with van der Waals surface area (Å²) >= 11 is 0. The average Bonchev–Trinajstić information content (AvgIpc) is 2.38. The summed E-state index contributed by atoms with van der Waals surface area (Å²) in [5, 5.41) is 10.1. The summed E-state index contributed by atoms with van der Waals surface area (Å²) in [5.41, 5.74) is 2.00. The van der Waals surface area contributed by atoms with Gasteiger partial charge in [0.2, 0.25) is 0 Å². The fourth-order valence-electron chi connectivity index (χ4n) is 1.92. The summed E-state index contributed by atoms with van der Waals surface area (Å²) in [4.78, 5) is 11.4. The fraction of sp³-hybridized carbons (Fsp3) is 0.308. The summed E-state index contributed by atoms with van der Waals surface area (Å²) in [6.45, 7) is 0. The second-order valence-corrected chi connectivity index (χ2v) is 3.84. The molecule has 4 heteroatoms. The zero-order valence-corrected chi connectivity index (χ0v) is 9.71. The molecule has 17 heavy (non-hydrogen) atoms. The van der Waals surface area contributed by atoms with E-state index < -0.39 is 12.1 Å². The number of methoxy groups -OCH3 is 2. The molecule has 0 radical (unpaired) electrons. The molecule has 2 rings (SSSR count). The molecule has 0 bridgehead atoms. The van der Waals surface area contributed by atoms with Crippen molar-refractivity contribution >= 4 is 12.0 Å². The van der Waals surface area contributed by atoms with Crippen molar-refractivity contribution < 1.29 is 19.4 Å². The van der Waals surface area contributed by atoms with Crippen LogP contribution in [0.15, 0.2) is 24.3 Å². The van der Waals surface area contributed by atoms with Gasteiger partial charge >= 0.3 is 5.97 Å². The van der Waals surface area contributed by atoms with Crippen molar-refractivity contribution in [3.8, 4) is 0 Å². The Kier molecular flexibility index (Phi) is 3.26. The molecule has 1 aromatic rings. The number of hydrogen-bond acceptors (Lipinski definition) is 4. The molecule has 0 heterocycles. The first kappa shape index (κ1) is 11.8. The van der Waals surface area contributed by atoms with Crippen LogP contribution >= 0.6 is 0 Å². The molecule has 90 valence electrons. The molecule has 0 amide bonds.